The maximum atomic E-state index is 13.0. The number of aromatic hydroxyl groups is 1. The van der Waals surface area contributed by atoms with Crippen molar-refractivity contribution in [3.8, 4) is 11.5 Å². The molecule has 1 atom stereocenters. The lowest BCUT2D eigenvalue weighted by Crippen LogP contribution is -2.41. The number of hydrogen-bond acceptors (Lipinski definition) is 7. The molecule has 3 heterocycles. The first-order valence-electron chi connectivity index (χ1n) is 10.3. The predicted octanol–water partition coefficient (Wildman–Crippen LogP) is 1.88. The molecule has 0 radical (unpaired) electrons. The summed E-state index contributed by atoms with van der Waals surface area (Å²) in [6.45, 7) is 3.30. The molecule has 1 saturated heterocycles. The van der Waals surface area contributed by atoms with E-state index in [0.29, 0.717) is 43.0 Å². The third-order valence-electron chi connectivity index (χ3n) is 5.59. The van der Waals surface area contributed by atoms with Crippen molar-refractivity contribution in [2.45, 2.75) is 19.3 Å². The summed E-state index contributed by atoms with van der Waals surface area (Å²) in [6, 6.07) is 8.03. The van der Waals surface area contributed by atoms with Crippen molar-refractivity contribution in [3.63, 3.8) is 0 Å². The van der Waals surface area contributed by atoms with Crippen LogP contribution in [0.5, 0.6) is 11.5 Å². The lowest BCUT2D eigenvalue weighted by molar-refractivity contribution is -0.135. The van der Waals surface area contributed by atoms with Crippen molar-refractivity contribution in [1.29, 1.82) is 0 Å². The van der Waals surface area contributed by atoms with E-state index in [1.165, 1.54) is 7.11 Å². The molecule has 0 aliphatic carbocycles. The molecule has 1 unspecified atom stereocenters. The fraction of sp³-hybridized carbons (Fsp3) is 0.348. The zero-order valence-electron chi connectivity index (χ0n) is 17.8. The SMILES string of the molecule is COc1ccc2cc(C(CC(=O)N3CCOCC3)c3oc(C)cc(=O)c3O)c(=O)[nH]c2c1. The summed E-state index contributed by atoms with van der Waals surface area (Å²) in [4.78, 5) is 42.8. The normalized spacial score (nSPS) is 15.0. The number of pyridine rings is 1. The molecule has 1 aromatic carbocycles. The first-order valence-corrected chi connectivity index (χ1v) is 10.3. The summed E-state index contributed by atoms with van der Waals surface area (Å²) in [5.74, 6) is -1.03. The van der Waals surface area contributed by atoms with E-state index in [1.54, 1.807) is 36.1 Å². The number of ether oxygens (including phenoxy) is 2. The Morgan fingerprint density at radius 1 is 1.22 bits per heavy atom. The first kappa shape index (κ1) is 21.6. The third-order valence-corrected chi connectivity index (χ3v) is 5.59. The van der Waals surface area contributed by atoms with Crippen LogP contribution in [0, 0.1) is 6.92 Å². The number of methoxy groups -OCH3 is 1. The summed E-state index contributed by atoms with van der Waals surface area (Å²) in [5, 5.41) is 11.2. The number of rotatable bonds is 5. The Morgan fingerprint density at radius 3 is 2.69 bits per heavy atom. The number of benzene rings is 1. The number of nitrogens with zero attached hydrogens (tertiary/aromatic N) is 1. The molecule has 1 amide bonds. The van der Waals surface area contributed by atoms with Gasteiger partial charge in [-0.3, -0.25) is 14.4 Å². The molecule has 0 saturated carbocycles. The van der Waals surface area contributed by atoms with Crippen LogP contribution < -0.4 is 15.7 Å². The first-order chi connectivity index (χ1) is 15.4. The number of aromatic amines is 1. The number of aryl methyl sites for hydroxylation is 1. The number of H-pyrrole nitrogens is 1. The summed E-state index contributed by atoms with van der Waals surface area (Å²) in [6.07, 6.45) is -0.148. The Kier molecular flexibility index (Phi) is 6.00. The topological polar surface area (TPSA) is 122 Å². The lowest BCUT2D eigenvalue weighted by Gasteiger charge is -2.28. The van der Waals surface area contributed by atoms with E-state index in [2.05, 4.69) is 4.98 Å². The van der Waals surface area contributed by atoms with Gasteiger partial charge in [0.05, 0.1) is 31.8 Å². The highest BCUT2D eigenvalue weighted by Crippen LogP contribution is 2.33. The van der Waals surface area contributed by atoms with E-state index in [4.69, 9.17) is 13.9 Å². The molecule has 0 bridgehead atoms. The van der Waals surface area contributed by atoms with E-state index >= 15 is 0 Å². The molecule has 4 rings (SSSR count). The Hall–Kier alpha value is -3.59. The van der Waals surface area contributed by atoms with Crippen molar-refractivity contribution in [3.05, 3.63) is 68.0 Å². The highest BCUT2D eigenvalue weighted by molar-refractivity contribution is 5.82. The molecule has 1 aliphatic rings. The molecule has 2 aromatic heterocycles. The van der Waals surface area contributed by atoms with E-state index in [1.807, 2.05) is 0 Å². The Bertz CT molecular complexity index is 1270. The van der Waals surface area contributed by atoms with Gasteiger partial charge in [0.1, 0.15) is 11.5 Å². The van der Waals surface area contributed by atoms with Crippen LogP contribution >= 0.6 is 0 Å². The summed E-state index contributed by atoms with van der Waals surface area (Å²) in [7, 11) is 1.53. The summed E-state index contributed by atoms with van der Waals surface area (Å²) in [5.41, 5.74) is -0.303. The van der Waals surface area contributed by atoms with E-state index in [-0.39, 0.29) is 29.4 Å². The Morgan fingerprint density at radius 2 is 1.97 bits per heavy atom. The van der Waals surface area contributed by atoms with Gasteiger partial charge in [0.25, 0.3) is 5.56 Å². The van der Waals surface area contributed by atoms with Gasteiger partial charge in [-0.2, -0.15) is 0 Å². The zero-order chi connectivity index (χ0) is 22.8. The van der Waals surface area contributed by atoms with Crippen LogP contribution in [0.2, 0.25) is 0 Å². The summed E-state index contributed by atoms with van der Waals surface area (Å²) >= 11 is 0. The highest BCUT2D eigenvalue weighted by atomic mass is 16.5. The molecule has 3 aromatic rings. The van der Waals surface area contributed by atoms with Crippen LogP contribution in [0.1, 0.15) is 29.4 Å². The smallest absolute Gasteiger partial charge is 0.252 e. The van der Waals surface area contributed by atoms with Crippen molar-refractivity contribution in [2.75, 3.05) is 33.4 Å². The number of morpholine rings is 1. The Balaban J connectivity index is 1.84. The number of carbonyl (C=O) groups is 1. The van der Waals surface area contributed by atoms with Crippen LogP contribution in [-0.4, -0.2) is 54.3 Å². The monoisotopic (exact) mass is 440 g/mol. The Labute approximate surface area is 183 Å². The molecule has 168 valence electrons. The average molecular weight is 440 g/mol. The van der Waals surface area contributed by atoms with Crippen molar-refractivity contribution >= 4 is 16.8 Å². The molecule has 9 nitrogen and oxygen atoms in total. The fourth-order valence-corrected chi connectivity index (χ4v) is 3.91. The van der Waals surface area contributed by atoms with E-state index < -0.39 is 22.7 Å². The number of carbonyl (C=O) groups excluding carboxylic acids is 1. The second-order valence-corrected chi connectivity index (χ2v) is 7.69. The summed E-state index contributed by atoms with van der Waals surface area (Å²) < 4.78 is 16.2. The van der Waals surface area contributed by atoms with Gasteiger partial charge in [-0.05, 0) is 30.5 Å². The second-order valence-electron chi connectivity index (χ2n) is 7.69. The molecule has 9 heteroatoms. The van der Waals surface area contributed by atoms with Crippen LogP contribution in [0.15, 0.2) is 44.3 Å². The number of amides is 1. The van der Waals surface area contributed by atoms with Gasteiger partial charge in [-0.1, -0.05) is 0 Å². The van der Waals surface area contributed by atoms with Crippen molar-refractivity contribution < 1.29 is 23.8 Å². The molecule has 1 aliphatic heterocycles. The van der Waals surface area contributed by atoms with Gasteiger partial charge < -0.3 is 28.9 Å². The van der Waals surface area contributed by atoms with Gasteiger partial charge in [0.2, 0.25) is 17.1 Å². The maximum Gasteiger partial charge on any atom is 0.252 e. The van der Waals surface area contributed by atoms with Crippen molar-refractivity contribution in [1.82, 2.24) is 9.88 Å². The third kappa shape index (κ3) is 4.24. The number of nitrogens with one attached hydrogen (secondary N) is 1. The van der Waals surface area contributed by atoms with Crippen LogP contribution in [0.3, 0.4) is 0 Å². The van der Waals surface area contributed by atoms with Crippen LogP contribution in [-0.2, 0) is 9.53 Å². The molecular formula is C23H24N2O7. The van der Waals surface area contributed by atoms with Gasteiger partial charge >= 0.3 is 0 Å². The van der Waals surface area contributed by atoms with E-state index in [0.717, 1.165) is 6.07 Å². The molecule has 32 heavy (non-hydrogen) atoms. The minimum Gasteiger partial charge on any atom is -0.502 e. The minimum absolute atomic E-state index is 0.102. The minimum atomic E-state index is -0.951. The molecule has 1 fully saturated rings. The van der Waals surface area contributed by atoms with Gasteiger partial charge in [0, 0.05) is 37.2 Å². The largest absolute Gasteiger partial charge is 0.502 e. The van der Waals surface area contributed by atoms with E-state index in [9.17, 15) is 19.5 Å². The van der Waals surface area contributed by atoms with Gasteiger partial charge in [0.15, 0.2) is 5.76 Å². The standard InChI is InChI=1S/C23H24N2O7/c1-13-9-19(26)21(28)22(32-13)16(12-20(27)25-5-7-31-8-6-25)17-10-14-3-4-15(30-2)11-18(14)24-23(17)29/h3-4,9-11,16,28H,5-8,12H2,1-2H3,(H,24,29). The maximum absolute atomic E-state index is 13.0. The second kappa shape index (κ2) is 8.88. The number of aromatic nitrogens is 1. The van der Waals surface area contributed by atoms with Crippen molar-refractivity contribution in [2.24, 2.45) is 0 Å². The number of fused-ring (bicyclic) bond motifs is 1. The van der Waals surface area contributed by atoms with Gasteiger partial charge in [-0.25, -0.2) is 0 Å². The molecule has 2 N–H and O–H groups in total. The number of hydrogen-bond donors (Lipinski definition) is 2. The molecule has 0 spiro atoms. The zero-order valence-corrected chi connectivity index (χ0v) is 17.8. The molecular weight excluding hydrogens is 416 g/mol. The highest BCUT2D eigenvalue weighted by Gasteiger charge is 2.30. The van der Waals surface area contributed by atoms with Crippen LogP contribution in [0.25, 0.3) is 10.9 Å². The average Bonchev–Trinajstić information content (AvgIpc) is 2.79. The van der Waals surface area contributed by atoms with Gasteiger partial charge in [-0.15, -0.1) is 0 Å². The van der Waals surface area contributed by atoms with Crippen LogP contribution in [0.4, 0.5) is 0 Å². The predicted molar refractivity (Wildman–Crippen MR) is 116 cm³/mol. The fourth-order valence-electron chi connectivity index (χ4n) is 3.91. The quantitative estimate of drug-likeness (QED) is 0.621. The lowest BCUT2D eigenvalue weighted by atomic mass is 9.91.